The van der Waals surface area contributed by atoms with Gasteiger partial charge in [-0.15, -0.1) is 11.3 Å². The van der Waals surface area contributed by atoms with Crippen molar-refractivity contribution in [2.75, 3.05) is 18.8 Å². The van der Waals surface area contributed by atoms with Gasteiger partial charge in [-0.25, -0.2) is 0 Å². The van der Waals surface area contributed by atoms with E-state index >= 15 is 0 Å². The van der Waals surface area contributed by atoms with Crippen molar-refractivity contribution < 1.29 is 5.11 Å². The van der Waals surface area contributed by atoms with Crippen molar-refractivity contribution in [1.29, 1.82) is 0 Å². The van der Waals surface area contributed by atoms with Crippen LogP contribution in [0.2, 0.25) is 0 Å². The van der Waals surface area contributed by atoms with Crippen molar-refractivity contribution in [3.63, 3.8) is 0 Å². The molecular formula is C8H12N2OS. The third kappa shape index (κ3) is 1.46. The Morgan fingerprint density at radius 2 is 2.42 bits per heavy atom. The first kappa shape index (κ1) is 8.04. The van der Waals surface area contributed by atoms with Gasteiger partial charge in [-0.1, -0.05) is 0 Å². The number of aliphatic hydroxyl groups excluding tert-OH is 1. The van der Waals surface area contributed by atoms with E-state index in [9.17, 15) is 0 Å². The molecule has 0 atom stereocenters. The highest BCUT2D eigenvalue weighted by Crippen LogP contribution is 2.22. The van der Waals surface area contributed by atoms with E-state index in [1.807, 2.05) is 11.4 Å². The SMILES string of the molecule is Nc1ccsc1CN1CC(O)C1. The Kier molecular flexibility index (Phi) is 2.04. The molecule has 0 bridgehead atoms. The topological polar surface area (TPSA) is 49.5 Å². The second-order valence-corrected chi connectivity index (χ2v) is 4.15. The van der Waals surface area contributed by atoms with Crippen molar-refractivity contribution >= 4 is 17.0 Å². The quantitative estimate of drug-likeness (QED) is 0.704. The number of hydrogen-bond acceptors (Lipinski definition) is 4. The summed E-state index contributed by atoms with van der Waals surface area (Å²) in [5, 5.41) is 11.0. The number of nitrogens with two attached hydrogens (primary N) is 1. The molecule has 1 fully saturated rings. The number of likely N-dealkylation sites (tertiary alicyclic amines) is 1. The number of rotatable bonds is 2. The number of nitrogen functional groups attached to an aromatic ring is 1. The molecule has 0 aliphatic carbocycles. The number of β-amino-alcohol motifs (C(OH)–C–C–N with tert-alkyl or cyclic N) is 1. The number of hydrogen-bond donors (Lipinski definition) is 2. The lowest BCUT2D eigenvalue weighted by molar-refractivity contribution is -0.00218. The van der Waals surface area contributed by atoms with E-state index in [1.165, 1.54) is 4.88 Å². The van der Waals surface area contributed by atoms with Gasteiger partial charge in [0.15, 0.2) is 0 Å². The molecule has 1 aromatic heterocycles. The van der Waals surface area contributed by atoms with Crippen molar-refractivity contribution in [3.8, 4) is 0 Å². The fourth-order valence-corrected chi connectivity index (χ4v) is 2.19. The van der Waals surface area contributed by atoms with Gasteiger partial charge in [-0.05, 0) is 11.4 Å². The zero-order valence-electron chi connectivity index (χ0n) is 6.73. The second kappa shape index (κ2) is 3.05. The molecule has 3 N–H and O–H groups in total. The standard InChI is InChI=1S/C8H12N2OS/c9-7-1-2-12-8(7)5-10-3-6(11)4-10/h1-2,6,11H,3-5,9H2. The van der Waals surface area contributed by atoms with Crippen LogP contribution in [0.4, 0.5) is 5.69 Å². The molecule has 0 amide bonds. The van der Waals surface area contributed by atoms with Gasteiger partial charge in [0, 0.05) is 30.2 Å². The predicted molar refractivity (Wildman–Crippen MR) is 50.0 cm³/mol. The lowest BCUT2D eigenvalue weighted by atomic mass is 10.1. The van der Waals surface area contributed by atoms with Crippen LogP contribution in [0.25, 0.3) is 0 Å². The molecule has 4 heteroatoms. The molecule has 3 nitrogen and oxygen atoms in total. The molecule has 0 aromatic carbocycles. The Morgan fingerprint density at radius 3 is 2.92 bits per heavy atom. The maximum Gasteiger partial charge on any atom is 0.0794 e. The van der Waals surface area contributed by atoms with Gasteiger partial charge in [-0.2, -0.15) is 0 Å². The fourth-order valence-electron chi connectivity index (χ4n) is 1.35. The summed E-state index contributed by atoms with van der Waals surface area (Å²) in [5.74, 6) is 0. The molecule has 1 aliphatic heterocycles. The van der Waals surface area contributed by atoms with Crippen LogP contribution in [0.3, 0.4) is 0 Å². The van der Waals surface area contributed by atoms with Gasteiger partial charge in [-0.3, -0.25) is 4.90 Å². The predicted octanol–water partition coefficient (Wildman–Crippen LogP) is 0.507. The zero-order valence-corrected chi connectivity index (χ0v) is 7.55. The Morgan fingerprint density at radius 1 is 1.67 bits per heavy atom. The van der Waals surface area contributed by atoms with E-state index in [2.05, 4.69) is 4.90 Å². The summed E-state index contributed by atoms with van der Waals surface area (Å²) < 4.78 is 0. The van der Waals surface area contributed by atoms with Crippen LogP contribution in [0.5, 0.6) is 0 Å². The molecule has 0 spiro atoms. The summed E-state index contributed by atoms with van der Waals surface area (Å²) >= 11 is 1.68. The number of thiophene rings is 1. The minimum atomic E-state index is -0.119. The number of anilines is 1. The number of nitrogens with zero attached hydrogens (tertiary/aromatic N) is 1. The molecule has 1 saturated heterocycles. The average molecular weight is 184 g/mol. The summed E-state index contributed by atoms with van der Waals surface area (Å²) in [4.78, 5) is 3.40. The van der Waals surface area contributed by atoms with Crippen LogP contribution in [-0.4, -0.2) is 29.2 Å². The van der Waals surface area contributed by atoms with Gasteiger partial charge in [0.2, 0.25) is 0 Å². The Bertz CT molecular complexity index is 268. The van der Waals surface area contributed by atoms with Crippen molar-refractivity contribution in [2.24, 2.45) is 0 Å². The summed E-state index contributed by atoms with van der Waals surface area (Å²) in [6.07, 6.45) is -0.119. The van der Waals surface area contributed by atoms with Gasteiger partial charge < -0.3 is 10.8 Å². The van der Waals surface area contributed by atoms with Gasteiger partial charge in [0.25, 0.3) is 0 Å². The monoisotopic (exact) mass is 184 g/mol. The summed E-state index contributed by atoms with van der Waals surface area (Å²) in [6.45, 7) is 2.47. The third-order valence-corrected chi connectivity index (χ3v) is 3.01. The molecule has 0 radical (unpaired) electrons. The number of aliphatic hydroxyl groups is 1. The highest BCUT2D eigenvalue weighted by Gasteiger charge is 2.24. The Balaban J connectivity index is 1.92. The fraction of sp³-hybridized carbons (Fsp3) is 0.500. The normalized spacial score (nSPS) is 19.4. The zero-order chi connectivity index (χ0) is 8.55. The lowest BCUT2D eigenvalue weighted by Gasteiger charge is -2.35. The van der Waals surface area contributed by atoms with Gasteiger partial charge in [0.1, 0.15) is 0 Å². The Hall–Kier alpha value is -0.580. The summed E-state index contributed by atoms with van der Waals surface area (Å²) in [5.41, 5.74) is 6.60. The first-order valence-electron chi connectivity index (χ1n) is 3.98. The highest BCUT2D eigenvalue weighted by molar-refractivity contribution is 7.10. The van der Waals surface area contributed by atoms with Crippen molar-refractivity contribution in [2.45, 2.75) is 12.6 Å². The maximum absolute atomic E-state index is 9.05. The van der Waals surface area contributed by atoms with E-state index in [1.54, 1.807) is 11.3 Å². The van der Waals surface area contributed by atoms with Crippen LogP contribution in [0.15, 0.2) is 11.4 Å². The van der Waals surface area contributed by atoms with Crippen LogP contribution < -0.4 is 5.73 Å². The summed E-state index contributed by atoms with van der Waals surface area (Å²) in [7, 11) is 0. The third-order valence-electron chi connectivity index (χ3n) is 2.08. The molecule has 12 heavy (non-hydrogen) atoms. The minimum Gasteiger partial charge on any atom is -0.398 e. The molecule has 66 valence electrons. The van der Waals surface area contributed by atoms with E-state index in [4.69, 9.17) is 10.8 Å². The maximum atomic E-state index is 9.05. The van der Waals surface area contributed by atoms with Crippen molar-refractivity contribution in [1.82, 2.24) is 4.90 Å². The molecule has 0 saturated carbocycles. The minimum absolute atomic E-state index is 0.119. The van der Waals surface area contributed by atoms with Crippen molar-refractivity contribution in [3.05, 3.63) is 16.3 Å². The first-order chi connectivity index (χ1) is 5.75. The molecule has 1 aromatic rings. The van der Waals surface area contributed by atoms with E-state index in [-0.39, 0.29) is 6.10 Å². The summed E-state index contributed by atoms with van der Waals surface area (Å²) in [6, 6.07) is 1.93. The smallest absolute Gasteiger partial charge is 0.0794 e. The van der Waals surface area contributed by atoms with Gasteiger partial charge >= 0.3 is 0 Å². The first-order valence-corrected chi connectivity index (χ1v) is 4.86. The molecule has 2 rings (SSSR count). The van der Waals surface area contributed by atoms with Crippen LogP contribution >= 0.6 is 11.3 Å². The molecule has 0 unspecified atom stereocenters. The highest BCUT2D eigenvalue weighted by atomic mass is 32.1. The van der Waals surface area contributed by atoms with E-state index in [0.717, 1.165) is 25.3 Å². The average Bonchev–Trinajstić information content (AvgIpc) is 2.33. The lowest BCUT2D eigenvalue weighted by Crippen LogP contribution is -2.49. The molecular weight excluding hydrogens is 172 g/mol. The van der Waals surface area contributed by atoms with Crippen LogP contribution in [-0.2, 0) is 6.54 Å². The molecule has 1 aliphatic rings. The molecule has 2 heterocycles. The largest absolute Gasteiger partial charge is 0.398 e. The van der Waals surface area contributed by atoms with Crippen LogP contribution in [0, 0.1) is 0 Å². The van der Waals surface area contributed by atoms with Crippen LogP contribution in [0.1, 0.15) is 4.88 Å². The van der Waals surface area contributed by atoms with E-state index < -0.39 is 0 Å². The van der Waals surface area contributed by atoms with Gasteiger partial charge in [0.05, 0.1) is 6.10 Å². The van der Waals surface area contributed by atoms with E-state index in [0.29, 0.717) is 0 Å². The Labute approximate surface area is 75.4 Å². The second-order valence-electron chi connectivity index (χ2n) is 3.15.